The summed E-state index contributed by atoms with van der Waals surface area (Å²) in [5, 5.41) is 0. The molecule has 0 amide bonds. The third kappa shape index (κ3) is 3.27. The quantitative estimate of drug-likeness (QED) is 0.587. The molecule has 0 aliphatic heterocycles. The van der Waals surface area contributed by atoms with Crippen molar-refractivity contribution in [3.8, 4) is 0 Å². The van der Waals surface area contributed by atoms with Crippen molar-refractivity contribution in [2.75, 3.05) is 10.5 Å². The third-order valence-corrected chi connectivity index (χ3v) is 2.65. The number of anilines is 1. The van der Waals surface area contributed by atoms with Gasteiger partial charge >= 0.3 is 0 Å². The Labute approximate surface area is 82.9 Å². The van der Waals surface area contributed by atoms with Gasteiger partial charge in [0.2, 0.25) is 0 Å². The Balaban J connectivity index is 2.53. The highest BCUT2D eigenvalue weighted by Crippen LogP contribution is 2.17. The van der Waals surface area contributed by atoms with Crippen molar-refractivity contribution in [1.29, 1.82) is 0 Å². The maximum atomic E-state index is 12.9. The van der Waals surface area contributed by atoms with Gasteiger partial charge in [0.05, 0.1) is 0 Å². The maximum absolute atomic E-state index is 12.9. The summed E-state index contributed by atoms with van der Waals surface area (Å²) in [5.41, 5.74) is 1.65. The van der Waals surface area contributed by atoms with Gasteiger partial charge in [0, 0.05) is 11.4 Å². The molecule has 0 radical (unpaired) electrons. The molecule has 13 heavy (non-hydrogen) atoms. The van der Waals surface area contributed by atoms with Crippen LogP contribution < -0.4 is 4.72 Å². The minimum atomic E-state index is -0.147. The van der Waals surface area contributed by atoms with Gasteiger partial charge in [-0.15, -0.1) is 0 Å². The van der Waals surface area contributed by atoms with Crippen molar-refractivity contribution < 1.29 is 4.39 Å². The van der Waals surface area contributed by atoms with Crippen LogP contribution >= 0.6 is 11.9 Å². The van der Waals surface area contributed by atoms with Crippen molar-refractivity contribution >= 4 is 17.6 Å². The van der Waals surface area contributed by atoms with E-state index in [9.17, 15) is 4.39 Å². The van der Waals surface area contributed by atoms with Gasteiger partial charge < -0.3 is 4.72 Å². The molecule has 0 atom stereocenters. The number of benzene rings is 1. The summed E-state index contributed by atoms with van der Waals surface area (Å²) in [5.74, 6) is 0.919. The molecule has 0 aliphatic carbocycles. The molecule has 0 heterocycles. The SMILES string of the molecule is CCCSNc1ccc(F)c(C)c1. The molecule has 0 spiro atoms. The normalized spacial score (nSPS) is 10.1. The largest absolute Gasteiger partial charge is 0.330 e. The lowest BCUT2D eigenvalue weighted by atomic mass is 10.2. The summed E-state index contributed by atoms with van der Waals surface area (Å²) in [6.45, 7) is 3.90. The van der Waals surface area contributed by atoms with Crippen molar-refractivity contribution in [1.82, 2.24) is 0 Å². The number of halogens is 1. The second kappa shape index (κ2) is 5.12. The molecule has 0 fully saturated rings. The predicted molar refractivity (Wildman–Crippen MR) is 57.5 cm³/mol. The summed E-state index contributed by atoms with van der Waals surface area (Å²) < 4.78 is 16.0. The zero-order chi connectivity index (χ0) is 9.68. The first-order valence-corrected chi connectivity index (χ1v) is 5.36. The second-order valence-corrected chi connectivity index (χ2v) is 3.82. The molecular weight excluding hydrogens is 185 g/mol. The number of hydrogen-bond donors (Lipinski definition) is 1. The minimum Gasteiger partial charge on any atom is -0.330 e. The summed E-state index contributed by atoms with van der Waals surface area (Å²) >= 11 is 1.65. The van der Waals surface area contributed by atoms with Crippen molar-refractivity contribution in [3.63, 3.8) is 0 Å². The average molecular weight is 199 g/mol. The van der Waals surface area contributed by atoms with Crippen LogP contribution in [0.5, 0.6) is 0 Å². The summed E-state index contributed by atoms with van der Waals surface area (Å²) in [6, 6.07) is 5.06. The Hall–Kier alpha value is -0.700. The zero-order valence-corrected chi connectivity index (χ0v) is 8.75. The highest BCUT2D eigenvalue weighted by Gasteiger charge is 1.97. The summed E-state index contributed by atoms with van der Waals surface area (Å²) in [7, 11) is 0. The van der Waals surface area contributed by atoms with Gasteiger partial charge in [0.1, 0.15) is 5.82 Å². The van der Waals surface area contributed by atoms with E-state index in [4.69, 9.17) is 0 Å². The average Bonchev–Trinajstić information content (AvgIpc) is 2.12. The third-order valence-electron chi connectivity index (χ3n) is 1.65. The standard InChI is InChI=1S/C10H14FNS/c1-3-6-13-12-9-4-5-10(11)8(2)7-9/h4-5,7,12H,3,6H2,1-2H3. The molecule has 1 rings (SSSR count). The predicted octanol–water partition coefficient (Wildman–Crippen LogP) is 3.60. The first-order valence-electron chi connectivity index (χ1n) is 4.38. The van der Waals surface area contributed by atoms with Gasteiger partial charge in [0.15, 0.2) is 0 Å². The van der Waals surface area contributed by atoms with Crippen LogP contribution in [-0.4, -0.2) is 5.75 Å². The van der Waals surface area contributed by atoms with Crippen LogP contribution in [0.25, 0.3) is 0 Å². The minimum absolute atomic E-state index is 0.147. The van der Waals surface area contributed by atoms with Crippen LogP contribution in [0.15, 0.2) is 18.2 Å². The van der Waals surface area contributed by atoms with Crippen LogP contribution in [-0.2, 0) is 0 Å². The van der Waals surface area contributed by atoms with E-state index in [0.717, 1.165) is 17.9 Å². The fraction of sp³-hybridized carbons (Fsp3) is 0.400. The molecule has 3 heteroatoms. The Morgan fingerprint density at radius 3 is 2.85 bits per heavy atom. The molecule has 0 unspecified atom stereocenters. The molecule has 0 aromatic heterocycles. The molecule has 1 N–H and O–H groups in total. The van der Waals surface area contributed by atoms with E-state index in [1.165, 1.54) is 6.07 Å². The van der Waals surface area contributed by atoms with Crippen molar-refractivity contribution in [2.45, 2.75) is 20.3 Å². The smallest absolute Gasteiger partial charge is 0.126 e. The van der Waals surface area contributed by atoms with E-state index in [-0.39, 0.29) is 5.82 Å². The van der Waals surface area contributed by atoms with Crippen LogP contribution in [0.4, 0.5) is 10.1 Å². The van der Waals surface area contributed by atoms with Crippen molar-refractivity contribution in [3.05, 3.63) is 29.6 Å². The topological polar surface area (TPSA) is 12.0 Å². The molecule has 0 aliphatic rings. The van der Waals surface area contributed by atoms with E-state index in [0.29, 0.717) is 5.56 Å². The van der Waals surface area contributed by atoms with Gasteiger partial charge in [-0.2, -0.15) is 0 Å². The number of rotatable bonds is 4. The number of hydrogen-bond acceptors (Lipinski definition) is 2. The van der Waals surface area contributed by atoms with E-state index in [2.05, 4.69) is 11.6 Å². The van der Waals surface area contributed by atoms with E-state index >= 15 is 0 Å². The van der Waals surface area contributed by atoms with Crippen LogP contribution in [0, 0.1) is 12.7 Å². The molecule has 0 saturated carbocycles. The summed E-state index contributed by atoms with van der Waals surface area (Å²) in [4.78, 5) is 0. The molecular formula is C10H14FNS. The van der Waals surface area contributed by atoms with E-state index in [1.807, 2.05) is 6.07 Å². The molecule has 0 saturated heterocycles. The lowest BCUT2D eigenvalue weighted by molar-refractivity contribution is 0.619. The highest BCUT2D eigenvalue weighted by atomic mass is 32.2. The fourth-order valence-corrected chi connectivity index (χ4v) is 1.54. The molecule has 0 bridgehead atoms. The van der Waals surface area contributed by atoms with E-state index < -0.39 is 0 Å². The highest BCUT2D eigenvalue weighted by molar-refractivity contribution is 8.00. The van der Waals surface area contributed by atoms with Gasteiger partial charge in [-0.05, 0) is 37.1 Å². The first-order chi connectivity index (χ1) is 6.24. The Bertz CT molecular complexity index is 276. The van der Waals surface area contributed by atoms with Crippen LogP contribution in [0.2, 0.25) is 0 Å². The fourth-order valence-electron chi connectivity index (χ4n) is 0.945. The number of nitrogens with one attached hydrogen (secondary N) is 1. The maximum Gasteiger partial charge on any atom is 0.126 e. The van der Waals surface area contributed by atoms with Gasteiger partial charge in [0.25, 0.3) is 0 Å². The van der Waals surface area contributed by atoms with Crippen LogP contribution in [0.1, 0.15) is 18.9 Å². The number of aryl methyl sites for hydroxylation is 1. The molecule has 1 aromatic carbocycles. The molecule has 1 aromatic rings. The second-order valence-electron chi connectivity index (χ2n) is 2.91. The Kier molecular flexibility index (Phi) is 4.09. The van der Waals surface area contributed by atoms with Gasteiger partial charge in [-0.25, -0.2) is 4.39 Å². The molecule has 1 nitrogen and oxygen atoms in total. The first kappa shape index (κ1) is 10.4. The zero-order valence-electron chi connectivity index (χ0n) is 7.93. The summed E-state index contributed by atoms with van der Waals surface area (Å²) in [6.07, 6.45) is 1.14. The lowest BCUT2D eigenvalue weighted by Gasteiger charge is -2.05. The molecule has 72 valence electrons. The van der Waals surface area contributed by atoms with Crippen molar-refractivity contribution in [2.24, 2.45) is 0 Å². The Morgan fingerprint density at radius 2 is 2.23 bits per heavy atom. The van der Waals surface area contributed by atoms with E-state index in [1.54, 1.807) is 24.9 Å². The lowest BCUT2D eigenvalue weighted by Crippen LogP contribution is -1.90. The monoisotopic (exact) mass is 199 g/mol. The van der Waals surface area contributed by atoms with Gasteiger partial charge in [-0.3, -0.25) is 0 Å². The Morgan fingerprint density at radius 1 is 1.46 bits per heavy atom. The van der Waals surface area contributed by atoms with Crippen LogP contribution in [0.3, 0.4) is 0 Å². The van der Waals surface area contributed by atoms with Gasteiger partial charge in [-0.1, -0.05) is 18.9 Å².